The summed E-state index contributed by atoms with van der Waals surface area (Å²) in [5.74, 6) is 0.582. The lowest BCUT2D eigenvalue weighted by molar-refractivity contribution is -0.116. The highest BCUT2D eigenvalue weighted by atomic mass is 35.5. The Morgan fingerprint density at radius 2 is 1.81 bits per heavy atom. The van der Waals surface area contributed by atoms with E-state index < -0.39 is 0 Å². The lowest BCUT2D eigenvalue weighted by Crippen LogP contribution is -2.26. The summed E-state index contributed by atoms with van der Waals surface area (Å²) < 4.78 is 5.64. The van der Waals surface area contributed by atoms with Gasteiger partial charge < -0.3 is 10.1 Å². The third-order valence-electron chi connectivity index (χ3n) is 3.77. The van der Waals surface area contributed by atoms with Crippen molar-refractivity contribution in [1.82, 2.24) is 5.32 Å². The molecule has 0 unspecified atom stereocenters. The van der Waals surface area contributed by atoms with Gasteiger partial charge in [-0.25, -0.2) is 0 Å². The number of benzene rings is 2. The minimum absolute atomic E-state index is 0.117. The first-order valence-electron chi connectivity index (χ1n) is 8.40. The monoisotopic (exact) mass is 391 g/mol. The zero-order chi connectivity index (χ0) is 19.2. The van der Waals surface area contributed by atoms with Crippen molar-refractivity contribution in [3.8, 4) is 5.75 Å². The highest BCUT2D eigenvalue weighted by molar-refractivity contribution is 6.35. The van der Waals surface area contributed by atoms with E-state index in [1.165, 1.54) is 11.6 Å². The fourth-order valence-corrected chi connectivity index (χ4v) is 2.73. The SMILES string of the molecule is CC(C)(C)c1ccc(OCCNC(=O)/C=C/c2ccc(Cl)cc2Cl)cc1. The van der Waals surface area contributed by atoms with Crippen molar-refractivity contribution >= 4 is 35.2 Å². The number of carbonyl (C=O) groups excluding carboxylic acids is 1. The molecule has 0 aliphatic carbocycles. The molecule has 2 aromatic rings. The number of rotatable bonds is 6. The molecule has 0 heterocycles. The van der Waals surface area contributed by atoms with Gasteiger partial charge in [-0.1, -0.05) is 62.2 Å². The summed E-state index contributed by atoms with van der Waals surface area (Å²) in [7, 11) is 0. The number of hydrogen-bond donors (Lipinski definition) is 1. The van der Waals surface area contributed by atoms with Gasteiger partial charge >= 0.3 is 0 Å². The Balaban J connectivity index is 1.75. The molecule has 3 nitrogen and oxygen atoms in total. The maximum Gasteiger partial charge on any atom is 0.244 e. The van der Waals surface area contributed by atoms with E-state index in [4.69, 9.17) is 27.9 Å². The summed E-state index contributed by atoms with van der Waals surface area (Å²) in [5.41, 5.74) is 2.11. The number of hydrogen-bond acceptors (Lipinski definition) is 2. The van der Waals surface area contributed by atoms with Crippen LogP contribution in [0.4, 0.5) is 0 Å². The molecule has 0 spiro atoms. The van der Waals surface area contributed by atoms with Gasteiger partial charge in [-0.15, -0.1) is 0 Å². The number of ether oxygens (including phenoxy) is 1. The van der Waals surface area contributed by atoms with Crippen LogP contribution in [0.5, 0.6) is 5.75 Å². The predicted molar refractivity (Wildman–Crippen MR) is 109 cm³/mol. The minimum atomic E-state index is -0.206. The number of nitrogens with one attached hydrogen (secondary N) is 1. The van der Waals surface area contributed by atoms with Gasteiger partial charge in [0.2, 0.25) is 5.91 Å². The van der Waals surface area contributed by atoms with Crippen LogP contribution in [-0.2, 0) is 10.2 Å². The molecule has 0 aromatic heterocycles. The molecule has 0 radical (unpaired) electrons. The van der Waals surface area contributed by atoms with Crippen molar-refractivity contribution in [2.75, 3.05) is 13.2 Å². The van der Waals surface area contributed by atoms with Gasteiger partial charge in [0, 0.05) is 16.1 Å². The fraction of sp³-hybridized carbons (Fsp3) is 0.286. The van der Waals surface area contributed by atoms with Crippen molar-refractivity contribution in [2.24, 2.45) is 0 Å². The lowest BCUT2D eigenvalue weighted by atomic mass is 9.87. The lowest BCUT2D eigenvalue weighted by Gasteiger charge is -2.19. The van der Waals surface area contributed by atoms with Gasteiger partial charge in [-0.05, 0) is 46.9 Å². The van der Waals surface area contributed by atoms with E-state index in [-0.39, 0.29) is 11.3 Å². The summed E-state index contributed by atoms with van der Waals surface area (Å²) in [6, 6.07) is 13.1. The number of carbonyl (C=O) groups is 1. The van der Waals surface area contributed by atoms with Gasteiger partial charge in [0.05, 0.1) is 6.54 Å². The van der Waals surface area contributed by atoms with Crippen LogP contribution in [0.3, 0.4) is 0 Å². The molecule has 1 amide bonds. The first-order valence-corrected chi connectivity index (χ1v) is 9.15. The summed E-state index contributed by atoms with van der Waals surface area (Å²) in [6.45, 7) is 7.32. The average Bonchev–Trinajstić information content (AvgIpc) is 2.57. The molecule has 26 heavy (non-hydrogen) atoms. The van der Waals surface area contributed by atoms with Gasteiger partial charge in [0.15, 0.2) is 0 Å². The number of halogens is 2. The average molecular weight is 392 g/mol. The maximum absolute atomic E-state index is 11.8. The number of amides is 1. The van der Waals surface area contributed by atoms with Crippen molar-refractivity contribution in [3.05, 3.63) is 69.7 Å². The van der Waals surface area contributed by atoms with Crippen LogP contribution >= 0.6 is 23.2 Å². The van der Waals surface area contributed by atoms with Crippen LogP contribution in [-0.4, -0.2) is 19.1 Å². The van der Waals surface area contributed by atoms with Crippen LogP contribution in [0.25, 0.3) is 6.08 Å². The topological polar surface area (TPSA) is 38.3 Å². The van der Waals surface area contributed by atoms with Crippen molar-refractivity contribution in [2.45, 2.75) is 26.2 Å². The van der Waals surface area contributed by atoms with E-state index in [0.29, 0.717) is 23.2 Å². The molecule has 0 saturated carbocycles. The van der Waals surface area contributed by atoms with E-state index in [1.807, 2.05) is 12.1 Å². The Kier molecular flexibility index (Phi) is 7.13. The first kappa shape index (κ1) is 20.3. The molecule has 5 heteroatoms. The summed E-state index contributed by atoms with van der Waals surface area (Å²) in [6.07, 6.45) is 3.09. The summed E-state index contributed by atoms with van der Waals surface area (Å²) in [4.78, 5) is 11.8. The second-order valence-electron chi connectivity index (χ2n) is 6.91. The smallest absolute Gasteiger partial charge is 0.244 e. The second kappa shape index (κ2) is 9.11. The molecule has 0 aliphatic heterocycles. The minimum Gasteiger partial charge on any atom is -0.492 e. The van der Waals surface area contributed by atoms with E-state index in [9.17, 15) is 4.79 Å². The molecule has 0 bridgehead atoms. The van der Waals surface area contributed by atoms with E-state index >= 15 is 0 Å². The molecule has 2 rings (SSSR count). The van der Waals surface area contributed by atoms with Gasteiger partial charge in [-0.2, -0.15) is 0 Å². The molecular weight excluding hydrogens is 369 g/mol. The highest BCUT2D eigenvalue weighted by Crippen LogP contribution is 2.24. The summed E-state index contributed by atoms with van der Waals surface area (Å²) >= 11 is 11.9. The van der Waals surface area contributed by atoms with Crippen molar-refractivity contribution < 1.29 is 9.53 Å². The summed E-state index contributed by atoms with van der Waals surface area (Å²) in [5, 5.41) is 3.83. The zero-order valence-electron chi connectivity index (χ0n) is 15.2. The van der Waals surface area contributed by atoms with Crippen LogP contribution < -0.4 is 10.1 Å². The Hall–Kier alpha value is -1.97. The van der Waals surface area contributed by atoms with Gasteiger partial charge in [0.1, 0.15) is 12.4 Å². The standard InChI is InChI=1S/C21H23Cl2NO2/c1-21(2,3)16-6-9-18(10-7-16)26-13-12-24-20(25)11-5-15-4-8-17(22)14-19(15)23/h4-11,14H,12-13H2,1-3H3,(H,24,25)/b11-5+. The molecular formula is C21H23Cl2NO2. The van der Waals surface area contributed by atoms with Crippen LogP contribution in [0.15, 0.2) is 48.5 Å². The maximum atomic E-state index is 11.8. The largest absolute Gasteiger partial charge is 0.492 e. The molecule has 0 aliphatic rings. The van der Waals surface area contributed by atoms with E-state index in [0.717, 1.165) is 11.3 Å². The highest BCUT2D eigenvalue weighted by Gasteiger charge is 2.12. The third-order valence-corrected chi connectivity index (χ3v) is 4.33. The van der Waals surface area contributed by atoms with Gasteiger partial charge in [0.25, 0.3) is 0 Å². The molecule has 1 N–H and O–H groups in total. The van der Waals surface area contributed by atoms with Crippen molar-refractivity contribution in [1.29, 1.82) is 0 Å². The van der Waals surface area contributed by atoms with Crippen LogP contribution in [0, 0.1) is 0 Å². The molecule has 2 aromatic carbocycles. The Morgan fingerprint density at radius 3 is 2.42 bits per heavy atom. The van der Waals surface area contributed by atoms with Crippen LogP contribution in [0.2, 0.25) is 10.0 Å². The second-order valence-corrected chi connectivity index (χ2v) is 7.76. The first-order chi connectivity index (χ1) is 12.3. The van der Waals surface area contributed by atoms with Gasteiger partial charge in [-0.3, -0.25) is 4.79 Å². The quantitative estimate of drug-likeness (QED) is 0.521. The Morgan fingerprint density at radius 1 is 1.12 bits per heavy atom. The van der Waals surface area contributed by atoms with E-state index in [1.54, 1.807) is 24.3 Å². The molecule has 138 valence electrons. The Labute approximate surface area is 165 Å². The van der Waals surface area contributed by atoms with Crippen molar-refractivity contribution in [3.63, 3.8) is 0 Å². The van der Waals surface area contributed by atoms with E-state index in [2.05, 4.69) is 38.2 Å². The Bertz CT molecular complexity index is 778. The predicted octanol–water partition coefficient (Wildman–Crippen LogP) is 5.50. The molecule has 0 atom stereocenters. The third kappa shape index (κ3) is 6.40. The molecule has 0 fully saturated rings. The fourth-order valence-electron chi connectivity index (χ4n) is 2.26. The normalized spacial score (nSPS) is 11.6. The van der Waals surface area contributed by atoms with Crippen LogP contribution in [0.1, 0.15) is 31.9 Å². The molecule has 0 saturated heterocycles. The zero-order valence-corrected chi connectivity index (χ0v) is 16.7.